The number of amides is 2. The summed E-state index contributed by atoms with van der Waals surface area (Å²) in [5.74, 6) is 4.93. The first-order valence-corrected chi connectivity index (χ1v) is 8.72. The Morgan fingerprint density at radius 2 is 2.19 bits per heavy atom. The summed E-state index contributed by atoms with van der Waals surface area (Å²) in [6, 6.07) is 4.79. The van der Waals surface area contributed by atoms with Gasteiger partial charge in [-0.15, -0.1) is 0 Å². The van der Waals surface area contributed by atoms with Crippen LogP contribution in [0.3, 0.4) is 0 Å². The van der Waals surface area contributed by atoms with Crippen LogP contribution in [0.5, 0.6) is 0 Å². The Kier molecular flexibility index (Phi) is 5.35. The third-order valence-electron chi connectivity index (χ3n) is 4.35. The Bertz CT molecular complexity index is 966. The average Bonchev–Trinajstić information content (AvgIpc) is 3.28. The third kappa shape index (κ3) is 3.74. The maximum atomic E-state index is 11.9. The molecule has 0 aliphatic carbocycles. The number of nitrogens with zero attached hydrogens (tertiary/aromatic N) is 2. The fourth-order valence-electron chi connectivity index (χ4n) is 2.94. The SMILES string of the molecule is CNC(=O)c1ccc(Cl)c(C#Cc2nn([C@H]3CCNC3)c(N)c2C(N)=O)c1. The zero-order chi connectivity index (χ0) is 19.6. The molecule has 0 radical (unpaired) electrons. The first kappa shape index (κ1) is 18.8. The van der Waals surface area contributed by atoms with Gasteiger partial charge in [0.05, 0.1) is 11.1 Å². The predicted octanol–water partition coefficient (Wildman–Crippen LogP) is 0.511. The van der Waals surface area contributed by atoms with Crippen molar-refractivity contribution in [2.75, 3.05) is 25.9 Å². The molecule has 2 aromatic rings. The summed E-state index contributed by atoms with van der Waals surface area (Å²) >= 11 is 6.17. The predicted molar refractivity (Wildman–Crippen MR) is 103 cm³/mol. The average molecular weight is 387 g/mol. The molecule has 1 saturated heterocycles. The number of benzene rings is 1. The molecule has 6 N–H and O–H groups in total. The largest absolute Gasteiger partial charge is 0.383 e. The molecule has 1 aliphatic rings. The minimum atomic E-state index is -0.695. The Labute approximate surface area is 161 Å². The van der Waals surface area contributed by atoms with E-state index in [1.54, 1.807) is 22.9 Å². The highest BCUT2D eigenvalue weighted by Crippen LogP contribution is 2.24. The van der Waals surface area contributed by atoms with Crippen LogP contribution in [0.25, 0.3) is 0 Å². The second-order valence-electron chi connectivity index (χ2n) is 6.09. The van der Waals surface area contributed by atoms with Crippen LogP contribution < -0.4 is 22.1 Å². The van der Waals surface area contributed by atoms with E-state index in [0.717, 1.165) is 13.0 Å². The summed E-state index contributed by atoms with van der Waals surface area (Å²) in [5.41, 5.74) is 12.7. The molecule has 1 aromatic heterocycles. The zero-order valence-corrected chi connectivity index (χ0v) is 15.4. The molecule has 3 rings (SSSR count). The number of carbonyl (C=O) groups excluding carboxylic acids is 2. The Balaban J connectivity index is 2.03. The van der Waals surface area contributed by atoms with Gasteiger partial charge in [0.25, 0.3) is 11.8 Å². The minimum Gasteiger partial charge on any atom is -0.383 e. The van der Waals surface area contributed by atoms with Crippen molar-refractivity contribution in [2.24, 2.45) is 5.73 Å². The van der Waals surface area contributed by atoms with E-state index in [9.17, 15) is 9.59 Å². The van der Waals surface area contributed by atoms with Crippen LogP contribution in [0, 0.1) is 11.8 Å². The highest BCUT2D eigenvalue weighted by molar-refractivity contribution is 6.31. The first-order chi connectivity index (χ1) is 12.9. The standard InChI is InChI=1S/C18H19ClN6O2/c1-22-18(27)11-2-4-13(19)10(8-11)3-5-14-15(17(21)26)16(20)25(24-14)12-6-7-23-9-12/h2,4,8,12,23H,6-7,9,20H2,1H3,(H2,21,26)(H,22,27)/t12-/m0/s1. The van der Waals surface area contributed by atoms with Crippen LogP contribution >= 0.6 is 11.6 Å². The normalized spacial score (nSPS) is 15.9. The number of halogens is 1. The van der Waals surface area contributed by atoms with Crippen LogP contribution in [0.2, 0.25) is 5.02 Å². The number of nitrogen functional groups attached to an aromatic ring is 1. The molecule has 2 heterocycles. The van der Waals surface area contributed by atoms with E-state index >= 15 is 0 Å². The van der Waals surface area contributed by atoms with Crippen molar-refractivity contribution in [1.82, 2.24) is 20.4 Å². The second kappa shape index (κ2) is 7.70. The molecular formula is C18H19ClN6O2. The van der Waals surface area contributed by atoms with Crippen molar-refractivity contribution in [3.05, 3.63) is 45.6 Å². The van der Waals surface area contributed by atoms with E-state index in [4.69, 9.17) is 23.1 Å². The fourth-order valence-corrected chi connectivity index (χ4v) is 3.10. The molecule has 27 heavy (non-hydrogen) atoms. The summed E-state index contributed by atoms with van der Waals surface area (Å²) in [6.45, 7) is 1.55. The van der Waals surface area contributed by atoms with E-state index in [-0.39, 0.29) is 29.0 Å². The molecule has 1 aromatic carbocycles. The lowest BCUT2D eigenvalue weighted by Gasteiger charge is -2.10. The Morgan fingerprint density at radius 1 is 1.41 bits per heavy atom. The number of rotatable bonds is 3. The first-order valence-electron chi connectivity index (χ1n) is 8.34. The van der Waals surface area contributed by atoms with Crippen molar-refractivity contribution < 1.29 is 9.59 Å². The highest BCUT2D eigenvalue weighted by Gasteiger charge is 2.25. The molecule has 140 valence electrons. The molecule has 0 saturated carbocycles. The summed E-state index contributed by atoms with van der Waals surface area (Å²) in [7, 11) is 1.54. The highest BCUT2D eigenvalue weighted by atomic mass is 35.5. The summed E-state index contributed by atoms with van der Waals surface area (Å²) in [6.07, 6.45) is 0.844. The maximum absolute atomic E-state index is 11.9. The van der Waals surface area contributed by atoms with Crippen LogP contribution in [-0.2, 0) is 0 Å². The van der Waals surface area contributed by atoms with Crippen LogP contribution in [0.4, 0.5) is 5.82 Å². The molecule has 1 aliphatic heterocycles. The second-order valence-corrected chi connectivity index (χ2v) is 6.50. The molecule has 0 bridgehead atoms. The van der Waals surface area contributed by atoms with Crippen molar-refractivity contribution >= 4 is 29.2 Å². The van der Waals surface area contributed by atoms with Gasteiger partial charge < -0.3 is 22.1 Å². The fraction of sp³-hybridized carbons (Fsp3) is 0.278. The van der Waals surface area contributed by atoms with Gasteiger partial charge in [-0.3, -0.25) is 9.59 Å². The van der Waals surface area contributed by atoms with Gasteiger partial charge in [-0.25, -0.2) is 4.68 Å². The van der Waals surface area contributed by atoms with E-state index < -0.39 is 5.91 Å². The van der Waals surface area contributed by atoms with Crippen molar-refractivity contribution in [2.45, 2.75) is 12.5 Å². The lowest BCUT2D eigenvalue weighted by molar-refractivity contribution is 0.0961. The number of primary amides is 1. The number of anilines is 1. The topological polar surface area (TPSA) is 128 Å². The molecule has 9 heteroatoms. The van der Waals surface area contributed by atoms with Crippen molar-refractivity contribution in [3.63, 3.8) is 0 Å². The monoisotopic (exact) mass is 386 g/mol. The van der Waals surface area contributed by atoms with Crippen LogP contribution in [-0.4, -0.2) is 41.7 Å². The van der Waals surface area contributed by atoms with Crippen LogP contribution in [0.1, 0.15) is 44.4 Å². The van der Waals surface area contributed by atoms with E-state index in [2.05, 4.69) is 27.6 Å². The molecule has 8 nitrogen and oxygen atoms in total. The smallest absolute Gasteiger partial charge is 0.255 e. The molecule has 0 spiro atoms. The van der Waals surface area contributed by atoms with Gasteiger partial charge in [-0.1, -0.05) is 17.5 Å². The van der Waals surface area contributed by atoms with Gasteiger partial charge in [-0.2, -0.15) is 5.10 Å². The lowest BCUT2D eigenvalue weighted by Crippen LogP contribution is -2.18. The number of hydrogen-bond donors (Lipinski definition) is 4. The Hall–Kier alpha value is -3.02. The third-order valence-corrected chi connectivity index (χ3v) is 4.67. The number of nitrogens with one attached hydrogen (secondary N) is 2. The molecule has 0 unspecified atom stereocenters. The van der Waals surface area contributed by atoms with Gasteiger partial charge in [0.1, 0.15) is 11.4 Å². The van der Waals surface area contributed by atoms with E-state index in [0.29, 0.717) is 22.7 Å². The molecule has 1 atom stereocenters. The van der Waals surface area contributed by atoms with Gasteiger partial charge in [0, 0.05) is 24.7 Å². The zero-order valence-electron chi connectivity index (χ0n) is 14.7. The van der Waals surface area contributed by atoms with Gasteiger partial charge in [0.2, 0.25) is 0 Å². The summed E-state index contributed by atoms with van der Waals surface area (Å²) in [4.78, 5) is 23.6. The number of carbonyl (C=O) groups is 2. The lowest BCUT2D eigenvalue weighted by atomic mass is 10.1. The number of hydrogen-bond acceptors (Lipinski definition) is 5. The van der Waals surface area contributed by atoms with E-state index in [1.165, 1.54) is 7.05 Å². The quantitative estimate of drug-likeness (QED) is 0.571. The maximum Gasteiger partial charge on any atom is 0.255 e. The minimum absolute atomic E-state index is 0.0406. The molecule has 1 fully saturated rings. The number of aromatic nitrogens is 2. The van der Waals surface area contributed by atoms with Crippen LogP contribution in [0.15, 0.2) is 18.2 Å². The summed E-state index contributed by atoms with van der Waals surface area (Å²) in [5, 5.41) is 10.5. The van der Waals surface area contributed by atoms with Crippen molar-refractivity contribution in [3.8, 4) is 11.8 Å². The number of nitrogens with two attached hydrogens (primary N) is 2. The Morgan fingerprint density at radius 3 is 2.81 bits per heavy atom. The summed E-state index contributed by atoms with van der Waals surface area (Å²) < 4.78 is 1.59. The molecule has 2 amide bonds. The van der Waals surface area contributed by atoms with E-state index in [1.807, 2.05) is 0 Å². The van der Waals surface area contributed by atoms with Crippen molar-refractivity contribution in [1.29, 1.82) is 0 Å². The van der Waals surface area contributed by atoms with Gasteiger partial charge in [-0.05, 0) is 37.1 Å². The van der Waals surface area contributed by atoms with Gasteiger partial charge in [0.15, 0.2) is 5.69 Å². The molecular weight excluding hydrogens is 368 g/mol. The van der Waals surface area contributed by atoms with Gasteiger partial charge >= 0.3 is 0 Å².